The summed E-state index contributed by atoms with van der Waals surface area (Å²) in [6, 6.07) is 9.33. The molecule has 3 rings (SSSR count). The molecule has 1 atom stereocenters. The van der Waals surface area contributed by atoms with Gasteiger partial charge in [0.2, 0.25) is 5.91 Å². The number of nitrogens with zero attached hydrogens (tertiary/aromatic N) is 4. The molecule has 10 heteroatoms. The molecule has 0 saturated carbocycles. The molecule has 0 saturated heterocycles. The Morgan fingerprint density at radius 3 is 2.97 bits per heavy atom. The van der Waals surface area contributed by atoms with Crippen molar-refractivity contribution in [1.29, 1.82) is 5.26 Å². The minimum Gasteiger partial charge on any atom is -0.481 e. The molecule has 30 heavy (non-hydrogen) atoms. The molecule has 0 aliphatic heterocycles. The summed E-state index contributed by atoms with van der Waals surface area (Å²) < 4.78 is 7.93. The number of anilines is 1. The first-order valence-corrected chi connectivity index (χ1v) is 11.4. The number of thiophene rings is 1. The van der Waals surface area contributed by atoms with E-state index < -0.39 is 0 Å². The van der Waals surface area contributed by atoms with E-state index in [1.54, 1.807) is 17.5 Å². The van der Waals surface area contributed by atoms with Crippen LogP contribution in [-0.2, 0) is 11.3 Å². The van der Waals surface area contributed by atoms with E-state index in [1.807, 2.05) is 37.5 Å². The third kappa shape index (κ3) is 5.14. The van der Waals surface area contributed by atoms with Crippen molar-refractivity contribution in [2.24, 2.45) is 0 Å². The lowest BCUT2D eigenvalue weighted by molar-refractivity contribution is -0.113. The van der Waals surface area contributed by atoms with Gasteiger partial charge in [-0.05, 0) is 49.9 Å². The first-order valence-electron chi connectivity index (χ1n) is 9.19. The van der Waals surface area contributed by atoms with Crippen molar-refractivity contribution in [3.63, 3.8) is 0 Å². The molecule has 1 unspecified atom stereocenters. The van der Waals surface area contributed by atoms with Crippen LogP contribution in [-0.4, -0.2) is 26.4 Å². The largest absolute Gasteiger partial charge is 0.481 e. The summed E-state index contributed by atoms with van der Waals surface area (Å²) >= 11 is 8.84. The molecule has 0 radical (unpaired) electrons. The fourth-order valence-electron chi connectivity index (χ4n) is 2.74. The topological polar surface area (TPSA) is 92.8 Å². The molecule has 0 bridgehead atoms. The maximum absolute atomic E-state index is 12.3. The molecule has 0 spiro atoms. The molecule has 7 nitrogen and oxygen atoms in total. The Morgan fingerprint density at radius 2 is 2.23 bits per heavy atom. The van der Waals surface area contributed by atoms with Crippen LogP contribution in [0.25, 0.3) is 0 Å². The Labute approximate surface area is 188 Å². The van der Waals surface area contributed by atoms with Gasteiger partial charge in [0.15, 0.2) is 17.1 Å². The number of rotatable bonds is 8. The molecule has 1 N–H and O–H groups in total. The van der Waals surface area contributed by atoms with E-state index in [1.165, 1.54) is 23.1 Å². The summed E-state index contributed by atoms with van der Waals surface area (Å²) in [6.45, 7) is 6.47. The van der Waals surface area contributed by atoms with Gasteiger partial charge in [-0.1, -0.05) is 29.4 Å². The second kappa shape index (κ2) is 9.98. The first kappa shape index (κ1) is 22.2. The monoisotopic (exact) mass is 461 g/mol. The number of nitriles is 1. The van der Waals surface area contributed by atoms with Gasteiger partial charge in [0, 0.05) is 6.54 Å². The lowest BCUT2D eigenvalue weighted by Gasteiger charge is -2.16. The number of ether oxygens (including phenoxy) is 1. The summed E-state index contributed by atoms with van der Waals surface area (Å²) in [4.78, 5) is 12.3. The number of hydrogen-bond acceptors (Lipinski definition) is 7. The Kier molecular flexibility index (Phi) is 7.37. The fourth-order valence-corrected chi connectivity index (χ4v) is 4.46. The second-order valence-electron chi connectivity index (χ2n) is 6.39. The van der Waals surface area contributed by atoms with Crippen molar-refractivity contribution >= 4 is 45.6 Å². The highest BCUT2D eigenvalue weighted by molar-refractivity contribution is 7.99. The normalized spacial score (nSPS) is 11.7. The minimum atomic E-state index is -0.371. The van der Waals surface area contributed by atoms with E-state index in [0.717, 1.165) is 5.56 Å². The fraction of sp³-hybridized carbons (Fsp3) is 0.300. The molecule has 156 valence electrons. The van der Waals surface area contributed by atoms with Gasteiger partial charge in [-0.3, -0.25) is 4.79 Å². The number of benzene rings is 1. The van der Waals surface area contributed by atoms with Gasteiger partial charge < -0.3 is 14.6 Å². The Morgan fingerprint density at radius 1 is 1.43 bits per heavy atom. The maximum Gasteiger partial charge on any atom is 0.235 e. The van der Waals surface area contributed by atoms with Gasteiger partial charge in [-0.2, -0.15) is 5.26 Å². The number of carbonyl (C=O) groups is 1. The number of nitrogens with one attached hydrogen (secondary N) is 1. The van der Waals surface area contributed by atoms with Crippen LogP contribution in [0.15, 0.2) is 34.8 Å². The summed E-state index contributed by atoms with van der Waals surface area (Å²) in [5.74, 6) is 1.19. The third-order valence-electron chi connectivity index (χ3n) is 4.19. The summed E-state index contributed by atoms with van der Waals surface area (Å²) in [5.41, 5.74) is 1.50. The number of aromatic nitrogens is 3. The summed E-state index contributed by atoms with van der Waals surface area (Å²) in [5, 5.41) is 23.8. The highest BCUT2D eigenvalue weighted by Gasteiger charge is 2.20. The number of halogens is 1. The molecular formula is C20H20ClN5O2S2. The number of thioether (sulfide) groups is 1. The molecule has 0 fully saturated rings. The van der Waals surface area contributed by atoms with Crippen LogP contribution in [0.1, 0.15) is 36.9 Å². The second-order valence-corrected chi connectivity index (χ2v) is 8.66. The quantitative estimate of drug-likeness (QED) is 0.471. The van der Waals surface area contributed by atoms with Crippen molar-refractivity contribution in [2.45, 2.75) is 38.6 Å². The van der Waals surface area contributed by atoms with Gasteiger partial charge >= 0.3 is 0 Å². The molecule has 1 amide bonds. The molecule has 2 aromatic heterocycles. The van der Waals surface area contributed by atoms with Gasteiger partial charge in [0.1, 0.15) is 16.8 Å². The molecule has 0 aliphatic rings. The van der Waals surface area contributed by atoms with Crippen LogP contribution in [0.2, 0.25) is 5.02 Å². The Balaban J connectivity index is 1.67. The first-order chi connectivity index (χ1) is 14.4. The molecule has 2 heterocycles. The van der Waals surface area contributed by atoms with Crippen LogP contribution >= 0.6 is 34.7 Å². The zero-order chi connectivity index (χ0) is 21.7. The average molecular weight is 462 g/mol. The Bertz CT molecular complexity index is 1090. The van der Waals surface area contributed by atoms with Crippen LogP contribution in [0.5, 0.6) is 5.75 Å². The molecule has 1 aromatic carbocycles. The highest BCUT2D eigenvalue weighted by Crippen LogP contribution is 2.30. The number of amides is 1. The van der Waals surface area contributed by atoms with Crippen molar-refractivity contribution in [3.05, 3.63) is 51.6 Å². The molecule has 0 aliphatic carbocycles. The Hall–Kier alpha value is -2.54. The van der Waals surface area contributed by atoms with Crippen molar-refractivity contribution in [1.82, 2.24) is 14.8 Å². The van der Waals surface area contributed by atoms with E-state index in [-0.39, 0.29) is 17.8 Å². The molecule has 3 aromatic rings. The number of aryl methyl sites for hydroxylation is 1. The third-order valence-corrected chi connectivity index (χ3v) is 6.30. The van der Waals surface area contributed by atoms with Crippen molar-refractivity contribution in [3.8, 4) is 11.8 Å². The summed E-state index contributed by atoms with van der Waals surface area (Å²) in [6.07, 6.45) is -0.371. The zero-order valence-corrected chi connectivity index (χ0v) is 19.1. The smallest absolute Gasteiger partial charge is 0.235 e. The lowest BCUT2D eigenvalue weighted by Crippen LogP contribution is -2.15. The lowest BCUT2D eigenvalue weighted by atomic mass is 10.2. The van der Waals surface area contributed by atoms with E-state index in [4.69, 9.17) is 21.6 Å². The predicted molar refractivity (Wildman–Crippen MR) is 119 cm³/mol. The van der Waals surface area contributed by atoms with Crippen molar-refractivity contribution < 1.29 is 9.53 Å². The van der Waals surface area contributed by atoms with Gasteiger partial charge in [0.05, 0.1) is 16.3 Å². The van der Waals surface area contributed by atoms with E-state index in [0.29, 0.717) is 38.9 Å². The van der Waals surface area contributed by atoms with Crippen LogP contribution in [0.3, 0.4) is 0 Å². The van der Waals surface area contributed by atoms with Gasteiger partial charge in [0.25, 0.3) is 0 Å². The van der Waals surface area contributed by atoms with E-state index in [2.05, 4.69) is 21.6 Å². The van der Waals surface area contributed by atoms with Crippen molar-refractivity contribution in [2.75, 3.05) is 11.1 Å². The standard InChI is InChI=1S/C20H20ClN5O2S2/c1-4-26-18(13(3)28-16-9-12(2)5-6-15(16)21)24-25-20(26)30-11-17(27)23-19-14(10-22)7-8-29-19/h5-9,13H,4,11H2,1-3H3,(H,23,27). The van der Waals surface area contributed by atoms with Gasteiger partial charge in [-0.15, -0.1) is 21.5 Å². The molecular weight excluding hydrogens is 442 g/mol. The van der Waals surface area contributed by atoms with E-state index in [9.17, 15) is 4.79 Å². The number of hydrogen-bond donors (Lipinski definition) is 1. The maximum atomic E-state index is 12.3. The highest BCUT2D eigenvalue weighted by atomic mass is 35.5. The van der Waals surface area contributed by atoms with E-state index >= 15 is 0 Å². The van der Waals surface area contributed by atoms with Crippen LogP contribution in [0, 0.1) is 18.3 Å². The minimum absolute atomic E-state index is 0.153. The SMILES string of the molecule is CCn1c(SCC(=O)Nc2sccc2C#N)nnc1C(C)Oc1cc(C)ccc1Cl. The van der Waals surface area contributed by atoms with Crippen LogP contribution in [0.4, 0.5) is 5.00 Å². The van der Waals surface area contributed by atoms with Gasteiger partial charge in [-0.25, -0.2) is 0 Å². The zero-order valence-electron chi connectivity index (χ0n) is 16.7. The predicted octanol–water partition coefficient (Wildman–Crippen LogP) is 5.06. The number of carbonyl (C=O) groups excluding carboxylic acids is 1. The summed E-state index contributed by atoms with van der Waals surface area (Å²) in [7, 11) is 0. The average Bonchev–Trinajstić information content (AvgIpc) is 3.35. The van der Waals surface area contributed by atoms with Crippen LogP contribution < -0.4 is 10.1 Å².